The van der Waals surface area contributed by atoms with Crippen molar-refractivity contribution in [1.29, 1.82) is 0 Å². The summed E-state index contributed by atoms with van der Waals surface area (Å²) in [5, 5.41) is 10.7. The number of non-ortho nitro benzene ring substituents is 1. The molecule has 151 valence electrons. The lowest BCUT2D eigenvalue weighted by molar-refractivity contribution is -0.384. The van der Waals surface area contributed by atoms with Crippen molar-refractivity contribution in [2.24, 2.45) is 0 Å². The van der Waals surface area contributed by atoms with Crippen molar-refractivity contribution in [2.45, 2.75) is 31.4 Å². The molecule has 0 fully saturated rings. The first-order chi connectivity index (χ1) is 12.7. The predicted molar refractivity (Wildman–Crippen MR) is 89.3 cm³/mol. The van der Waals surface area contributed by atoms with Crippen LogP contribution < -0.4 is 0 Å². The number of nitrogens with zero attached hydrogens (tertiary/aromatic N) is 1. The predicted octanol–water partition coefficient (Wildman–Crippen LogP) is 6.68. The lowest BCUT2D eigenvalue weighted by Gasteiger charge is -2.32. The van der Waals surface area contributed by atoms with Gasteiger partial charge in [0.1, 0.15) is 0 Å². The van der Waals surface area contributed by atoms with E-state index in [-0.39, 0.29) is 22.0 Å². The second kappa shape index (κ2) is 7.34. The molecular weight excluding hydrogens is 463 g/mol. The summed E-state index contributed by atoms with van der Waals surface area (Å²) >= 11 is 2.86. The summed E-state index contributed by atoms with van der Waals surface area (Å²) in [6.07, 6.45) is -12.6. The van der Waals surface area contributed by atoms with Gasteiger partial charge in [-0.25, -0.2) is 4.39 Å². The van der Waals surface area contributed by atoms with Gasteiger partial charge in [-0.2, -0.15) is 26.3 Å². The van der Waals surface area contributed by atoms with Crippen molar-refractivity contribution in [3.05, 3.63) is 62.1 Å². The number of nitro benzene ring substituents is 1. The average Bonchev–Trinajstić information content (AvgIpc) is 2.58. The topological polar surface area (TPSA) is 43.1 Å². The summed E-state index contributed by atoms with van der Waals surface area (Å²) in [5.74, 6) is 0. The van der Waals surface area contributed by atoms with Crippen LogP contribution in [0.4, 0.5) is 36.4 Å². The summed E-state index contributed by atoms with van der Waals surface area (Å²) < 4.78 is 94.3. The highest BCUT2D eigenvalue weighted by Crippen LogP contribution is 2.56. The molecule has 1 radical (unpaired) electrons. The maximum Gasteiger partial charge on any atom is 0.435 e. The van der Waals surface area contributed by atoms with Gasteiger partial charge in [0.05, 0.1) is 4.92 Å². The van der Waals surface area contributed by atoms with Crippen LogP contribution in [-0.4, -0.2) is 17.3 Å². The van der Waals surface area contributed by atoms with Crippen LogP contribution >= 0.6 is 15.9 Å². The lowest BCUT2D eigenvalue weighted by Crippen LogP contribution is -2.50. The third kappa shape index (κ3) is 3.71. The number of hydrogen-bond donors (Lipinski definition) is 0. The van der Waals surface area contributed by atoms with Gasteiger partial charge in [0.15, 0.2) is 0 Å². The van der Waals surface area contributed by atoms with E-state index in [0.29, 0.717) is 6.07 Å². The highest BCUT2D eigenvalue weighted by atomic mass is 79.9. The van der Waals surface area contributed by atoms with Crippen LogP contribution in [0.3, 0.4) is 0 Å². The molecule has 0 aliphatic rings. The summed E-state index contributed by atoms with van der Waals surface area (Å²) in [6.45, 7) is 1.45. The lowest BCUT2D eigenvalue weighted by atomic mass is 9.85. The minimum Gasteiger partial charge on any atom is -0.258 e. The van der Waals surface area contributed by atoms with E-state index in [9.17, 15) is 40.8 Å². The zero-order valence-corrected chi connectivity index (χ0v) is 15.5. The summed E-state index contributed by atoms with van der Waals surface area (Å²) in [4.78, 5) is 9.93. The van der Waals surface area contributed by atoms with Crippen LogP contribution in [0.2, 0.25) is 0 Å². The molecule has 0 saturated carbocycles. The molecule has 0 amide bonds. The van der Waals surface area contributed by atoms with E-state index in [2.05, 4.69) is 22.0 Å². The Morgan fingerprint density at radius 3 is 1.93 bits per heavy atom. The number of halogens is 8. The highest BCUT2D eigenvalue weighted by molar-refractivity contribution is 9.10. The molecule has 0 aliphatic carbocycles. The van der Waals surface area contributed by atoms with Crippen LogP contribution in [0.5, 0.6) is 0 Å². The van der Waals surface area contributed by atoms with E-state index >= 15 is 0 Å². The maximum atomic E-state index is 14.8. The van der Waals surface area contributed by atoms with Crippen molar-refractivity contribution in [1.82, 2.24) is 0 Å². The van der Waals surface area contributed by atoms with Crippen LogP contribution in [0.1, 0.15) is 18.1 Å². The van der Waals surface area contributed by atoms with Crippen LogP contribution in [0, 0.1) is 16.2 Å². The molecule has 3 nitrogen and oxygen atoms in total. The molecule has 2 aromatic rings. The molecule has 0 bridgehead atoms. The van der Waals surface area contributed by atoms with Crippen molar-refractivity contribution < 1.29 is 35.7 Å². The smallest absolute Gasteiger partial charge is 0.258 e. The second-order valence-electron chi connectivity index (χ2n) is 5.71. The van der Waals surface area contributed by atoms with Gasteiger partial charge in [0.25, 0.3) is 5.69 Å². The number of aryl methyl sites for hydroxylation is 1. The number of alkyl halides is 7. The normalized spacial score (nSPS) is 12.9. The van der Waals surface area contributed by atoms with E-state index in [1.807, 2.05) is 0 Å². The number of rotatable bonds is 4. The van der Waals surface area contributed by atoms with Gasteiger partial charge < -0.3 is 0 Å². The Morgan fingerprint density at radius 2 is 1.54 bits per heavy atom. The van der Waals surface area contributed by atoms with Gasteiger partial charge in [-0.1, -0.05) is 13.0 Å². The third-order valence-corrected chi connectivity index (χ3v) is 4.57. The van der Waals surface area contributed by atoms with Crippen LogP contribution in [-0.2, 0) is 12.1 Å². The SMILES string of the molecule is CCc1[c]c(Br)c(-c2ccc([N+](=O)[O-])cc2)c(C(F)(C(F)(F)F)C(F)(F)F)c1. The van der Waals surface area contributed by atoms with Gasteiger partial charge in [-0.05, 0) is 45.6 Å². The quantitative estimate of drug-likeness (QED) is 0.283. The summed E-state index contributed by atoms with van der Waals surface area (Å²) in [5.41, 5.74) is -8.86. The van der Waals surface area contributed by atoms with Crippen molar-refractivity contribution in [2.75, 3.05) is 0 Å². The second-order valence-corrected chi connectivity index (χ2v) is 6.50. The zero-order chi connectivity index (χ0) is 21.5. The Morgan fingerprint density at radius 1 is 1.04 bits per heavy atom. The van der Waals surface area contributed by atoms with E-state index < -0.39 is 39.8 Å². The fraction of sp³-hybridized carbons (Fsp3) is 0.294. The van der Waals surface area contributed by atoms with Crippen LogP contribution in [0.25, 0.3) is 11.1 Å². The molecule has 2 rings (SSSR count). The van der Waals surface area contributed by atoms with Gasteiger partial charge in [0, 0.05) is 33.8 Å². The van der Waals surface area contributed by atoms with E-state index in [1.54, 1.807) is 0 Å². The van der Waals surface area contributed by atoms with Gasteiger partial charge in [0.2, 0.25) is 0 Å². The minimum atomic E-state index is -6.30. The molecule has 0 saturated heterocycles. The Hall–Kier alpha value is -2.17. The summed E-state index contributed by atoms with van der Waals surface area (Å²) in [6, 6.07) is 6.68. The van der Waals surface area contributed by atoms with Gasteiger partial charge in [-0.3, -0.25) is 10.1 Å². The molecule has 0 atom stereocenters. The highest BCUT2D eigenvalue weighted by Gasteiger charge is 2.74. The first kappa shape index (κ1) is 22.1. The number of benzene rings is 2. The molecular formula is C17H10BrF7NO2. The number of hydrogen-bond acceptors (Lipinski definition) is 2. The maximum absolute atomic E-state index is 14.8. The molecule has 0 unspecified atom stereocenters. The Labute approximate surface area is 162 Å². The molecule has 0 spiro atoms. The fourth-order valence-electron chi connectivity index (χ4n) is 2.56. The van der Waals surface area contributed by atoms with E-state index in [4.69, 9.17) is 0 Å². The molecule has 28 heavy (non-hydrogen) atoms. The first-order valence-corrected chi connectivity index (χ1v) is 8.35. The van der Waals surface area contributed by atoms with Crippen molar-refractivity contribution >= 4 is 21.6 Å². The first-order valence-electron chi connectivity index (χ1n) is 7.56. The van der Waals surface area contributed by atoms with E-state index in [0.717, 1.165) is 24.3 Å². The van der Waals surface area contributed by atoms with Crippen molar-refractivity contribution in [3.8, 4) is 11.1 Å². The number of nitro groups is 1. The van der Waals surface area contributed by atoms with Crippen LogP contribution in [0.15, 0.2) is 34.8 Å². The molecule has 0 N–H and O–H groups in total. The van der Waals surface area contributed by atoms with Crippen molar-refractivity contribution in [3.63, 3.8) is 0 Å². The molecule has 0 heterocycles. The molecule has 0 aromatic heterocycles. The zero-order valence-electron chi connectivity index (χ0n) is 13.9. The summed E-state index contributed by atoms with van der Waals surface area (Å²) in [7, 11) is 0. The fourth-order valence-corrected chi connectivity index (χ4v) is 3.26. The average molecular weight is 473 g/mol. The third-order valence-electron chi connectivity index (χ3n) is 3.98. The Kier molecular flexibility index (Phi) is 5.80. The largest absolute Gasteiger partial charge is 0.435 e. The monoisotopic (exact) mass is 472 g/mol. The molecule has 11 heteroatoms. The standard InChI is InChI=1S/C17H10BrF7NO2/c1-2-9-7-12(15(19,16(20,21)22)17(23,24)25)14(13(18)8-9)10-3-5-11(6-4-10)26(27)28/h3-7H,2H2,1H3. The van der Waals surface area contributed by atoms with Gasteiger partial charge >= 0.3 is 18.0 Å². The molecule has 0 aliphatic heterocycles. The van der Waals surface area contributed by atoms with Gasteiger partial charge in [-0.15, -0.1) is 0 Å². The van der Waals surface area contributed by atoms with E-state index in [1.165, 1.54) is 6.92 Å². The Bertz CT molecular complexity index is 878. The Balaban J connectivity index is 2.90. The molecule has 2 aromatic carbocycles. The minimum absolute atomic E-state index is 0.00205.